The van der Waals surface area contributed by atoms with Gasteiger partial charge in [-0.05, 0) is 53.7 Å². The number of imide groups is 1. The minimum atomic E-state index is -0.472. The second kappa shape index (κ2) is 11.3. The van der Waals surface area contributed by atoms with Crippen molar-refractivity contribution in [1.29, 1.82) is 0 Å². The number of nitrogens with zero attached hydrogens (tertiary/aromatic N) is 3. The number of carbonyl (C=O) groups excluding carboxylic acids is 3. The Morgan fingerprint density at radius 1 is 1.07 bits per heavy atom. The number of thioether (sulfide) groups is 2. The molecule has 4 saturated heterocycles. The molecule has 40 heavy (non-hydrogen) atoms. The van der Waals surface area contributed by atoms with Crippen molar-refractivity contribution in [2.24, 2.45) is 0 Å². The van der Waals surface area contributed by atoms with E-state index in [4.69, 9.17) is 9.47 Å². The molecule has 0 aliphatic carbocycles. The number of cyclic esters (lactones) is 1. The van der Waals surface area contributed by atoms with Crippen molar-refractivity contribution in [2.45, 2.75) is 16.9 Å². The zero-order chi connectivity index (χ0) is 27.8. The fourth-order valence-electron chi connectivity index (χ4n) is 4.99. The van der Waals surface area contributed by atoms with Gasteiger partial charge in [0, 0.05) is 45.5 Å². The maximum atomic E-state index is 15.2. The molecular weight excluding hydrogens is 557 g/mol. The summed E-state index contributed by atoms with van der Waals surface area (Å²) in [6.07, 6.45) is 0.917. The van der Waals surface area contributed by atoms with Crippen LogP contribution in [0, 0.1) is 5.82 Å². The first-order chi connectivity index (χ1) is 19.4. The third-order valence-electron chi connectivity index (χ3n) is 7.17. The van der Waals surface area contributed by atoms with Gasteiger partial charge in [-0.1, -0.05) is 12.1 Å². The largest absolute Gasteiger partial charge is 0.443 e. The number of amides is 3. The van der Waals surface area contributed by atoms with E-state index in [0.29, 0.717) is 55.5 Å². The number of ether oxygens (including phenoxy) is 2. The molecule has 0 radical (unpaired) electrons. The standard InChI is InChI=1S/C27H28FN5O5S2/c1-37-25-24(40-25)29-14-19-15-33(27(36)38-19)18-6-7-21(20(28)13-18)32-10-8-31(9-11-32)17-4-2-16(3-5-17)12-22-23(34)30-26(35)39-22/h2-7,12-13,19,24-25,29H,8-11,14-15H2,1H3,(H,30,34,35)/b22-12-/t19-,24?,25?/m0/s1. The number of rotatable bonds is 8. The van der Waals surface area contributed by atoms with E-state index in [9.17, 15) is 14.4 Å². The third-order valence-corrected chi connectivity index (χ3v) is 9.10. The minimum Gasteiger partial charge on any atom is -0.443 e. The van der Waals surface area contributed by atoms with Crippen molar-refractivity contribution in [2.75, 3.05) is 61.1 Å². The molecule has 2 aromatic rings. The van der Waals surface area contributed by atoms with Crippen LogP contribution >= 0.6 is 23.5 Å². The van der Waals surface area contributed by atoms with Crippen LogP contribution in [0.5, 0.6) is 0 Å². The molecule has 2 unspecified atom stereocenters. The zero-order valence-corrected chi connectivity index (χ0v) is 23.3. The van der Waals surface area contributed by atoms with Gasteiger partial charge in [0.05, 0.1) is 28.2 Å². The van der Waals surface area contributed by atoms with Crippen molar-refractivity contribution < 1.29 is 28.2 Å². The Labute approximate surface area is 239 Å². The van der Waals surface area contributed by atoms with Crippen LogP contribution in [0.25, 0.3) is 6.08 Å². The summed E-state index contributed by atoms with van der Waals surface area (Å²) in [6, 6.07) is 12.7. The SMILES string of the molecule is COC1SC1NC[C@H]1CN(c2ccc(N3CCN(c4ccc(/C=C5\SC(=O)NC5=O)cc4)CC3)c(F)c2)C(=O)O1. The Morgan fingerprint density at radius 3 is 2.45 bits per heavy atom. The van der Waals surface area contributed by atoms with Crippen LogP contribution in [0.3, 0.4) is 0 Å². The summed E-state index contributed by atoms with van der Waals surface area (Å²) in [4.78, 5) is 41.6. The second-order valence-electron chi connectivity index (χ2n) is 9.74. The number of methoxy groups -OCH3 is 1. The molecule has 3 atom stereocenters. The molecule has 0 spiro atoms. The molecule has 4 aliphatic rings. The summed E-state index contributed by atoms with van der Waals surface area (Å²) in [7, 11) is 1.67. The molecular formula is C27H28FN5O5S2. The number of anilines is 3. The average Bonchev–Trinajstić information content (AvgIpc) is 3.52. The highest BCUT2D eigenvalue weighted by Crippen LogP contribution is 2.39. The first-order valence-electron chi connectivity index (χ1n) is 12.9. The van der Waals surface area contributed by atoms with E-state index < -0.39 is 6.09 Å². The van der Waals surface area contributed by atoms with E-state index >= 15 is 4.39 Å². The van der Waals surface area contributed by atoms with Crippen LogP contribution in [0.15, 0.2) is 47.4 Å². The van der Waals surface area contributed by atoms with Gasteiger partial charge in [0.15, 0.2) is 0 Å². The maximum absolute atomic E-state index is 15.2. The lowest BCUT2D eigenvalue weighted by atomic mass is 10.1. The van der Waals surface area contributed by atoms with Gasteiger partial charge in [-0.2, -0.15) is 0 Å². The summed E-state index contributed by atoms with van der Waals surface area (Å²) in [6.45, 7) is 3.58. The van der Waals surface area contributed by atoms with E-state index in [1.165, 1.54) is 11.0 Å². The number of hydrogen-bond acceptors (Lipinski definition) is 10. The Balaban J connectivity index is 1.03. The first kappa shape index (κ1) is 26.9. The van der Waals surface area contributed by atoms with E-state index in [-0.39, 0.29) is 33.9 Å². The third kappa shape index (κ3) is 5.78. The van der Waals surface area contributed by atoms with Crippen molar-refractivity contribution in [3.63, 3.8) is 0 Å². The predicted molar refractivity (Wildman–Crippen MR) is 154 cm³/mol. The van der Waals surface area contributed by atoms with Crippen LogP contribution in [0.1, 0.15) is 5.56 Å². The second-order valence-corrected chi connectivity index (χ2v) is 12.0. The highest BCUT2D eigenvalue weighted by molar-refractivity contribution is 8.18. The summed E-state index contributed by atoms with van der Waals surface area (Å²) >= 11 is 2.57. The molecule has 2 N–H and O–H groups in total. The van der Waals surface area contributed by atoms with E-state index in [0.717, 1.165) is 23.0 Å². The lowest BCUT2D eigenvalue weighted by Crippen LogP contribution is -2.46. The van der Waals surface area contributed by atoms with Gasteiger partial charge < -0.3 is 19.3 Å². The van der Waals surface area contributed by atoms with Crippen LogP contribution in [-0.4, -0.2) is 80.5 Å². The first-order valence-corrected chi connectivity index (χ1v) is 14.7. The van der Waals surface area contributed by atoms with Crippen molar-refractivity contribution in [3.05, 3.63) is 58.8 Å². The molecule has 4 heterocycles. The lowest BCUT2D eigenvalue weighted by molar-refractivity contribution is -0.115. The Kier molecular flexibility index (Phi) is 7.62. The molecule has 210 valence electrons. The number of piperazine rings is 1. The van der Waals surface area contributed by atoms with Gasteiger partial charge in [-0.3, -0.25) is 25.1 Å². The minimum absolute atomic E-state index is 0.140. The van der Waals surface area contributed by atoms with Gasteiger partial charge in [-0.25, -0.2) is 9.18 Å². The van der Waals surface area contributed by atoms with Gasteiger partial charge >= 0.3 is 6.09 Å². The van der Waals surface area contributed by atoms with E-state index in [2.05, 4.69) is 15.5 Å². The van der Waals surface area contributed by atoms with Crippen LogP contribution in [0.2, 0.25) is 0 Å². The van der Waals surface area contributed by atoms with Gasteiger partial charge in [0.25, 0.3) is 11.1 Å². The molecule has 0 bridgehead atoms. The van der Waals surface area contributed by atoms with E-state index in [1.54, 1.807) is 37.1 Å². The quantitative estimate of drug-likeness (QED) is 0.354. The number of carbonyl (C=O) groups is 3. The molecule has 4 aliphatic heterocycles. The fraction of sp³-hybridized carbons (Fsp3) is 0.370. The van der Waals surface area contributed by atoms with Crippen molar-refractivity contribution in [1.82, 2.24) is 10.6 Å². The molecule has 6 rings (SSSR count). The van der Waals surface area contributed by atoms with E-state index in [1.807, 2.05) is 29.2 Å². The topological polar surface area (TPSA) is 103 Å². The maximum Gasteiger partial charge on any atom is 0.414 e. The highest BCUT2D eigenvalue weighted by atomic mass is 32.2. The number of hydrogen-bond donors (Lipinski definition) is 2. The summed E-state index contributed by atoms with van der Waals surface area (Å²) in [5.74, 6) is -0.746. The van der Waals surface area contributed by atoms with Crippen LogP contribution in [0.4, 0.5) is 31.0 Å². The summed E-state index contributed by atoms with van der Waals surface area (Å²) in [5, 5.41) is 5.42. The molecule has 0 saturated carbocycles. The number of nitrogens with one attached hydrogen (secondary N) is 2. The van der Waals surface area contributed by atoms with Gasteiger partial charge in [0.2, 0.25) is 0 Å². The molecule has 0 aromatic heterocycles. The highest BCUT2D eigenvalue weighted by Gasteiger charge is 2.40. The summed E-state index contributed by atoms with van der Waals surface area (Å²) in [5.41, 5.74) is 3.00. The molecule has 13 heteroatoms. The van der Waals surface area contributed by atoms with Gasteiger partial charge in [0.1, 0.15) is 17.4 Å². The molecule has 2 aromatic carbocycles. The smallest absolute Gasteiger partial charge is 0.414 e. The van der Waals surface area contributed by atoms with Gasteiger partial charge in [-0.15, -0.1) is 11.8 Å². The Morgan fingerprint density at radius 2 is 1.80 bits per heavy atom. The number of benzene rings is 2. The fourth-order valence-corrected chi connectivity index (χ4v) is 6.38. The molecule has 4 fully saturated rings. The molecule has 10 nitrogen and oxygen atoms in total. The Bertz CT molecular complexity index is 1350. The van der Waals surface area contributed by atoms with Crippen LogP contribution < -0.4 is 25.3 Å². The predicted octanol–water partition coefficient (Wildman–Crippen LogP) is 3.44. The van der Waals surface area contributed by atoms with Crippen molar-refractivity contribution >= 4 is 63.9 Å². The van der Waals surface area contributed by atoms with Crippen molar-refractivity contribution in [3.8, 4) is 0 Å². The monoisotopic (exact) mass is 585 g/mol. The number of halogens is 1. The Hall–Kier alpha value is -3.26. The molecule has 3 amide bonds. The zero-order valence-electron chi connectivity index (χ0n) is 21.7. The summed E-state index contributed by atoms with van der Waals surface area (Å²) < 4.78 is 25.9. The normalized spacial score (nSPS) is 25.6. The lowest BCUT2D eigenvalue weighted by Gasteiger charge is -2.37. The van der Waals surface area contributed by atoms with Crippen LogP contribution in [-0.2, 0) is 14.3 Å². The average molecular weight is 586 g/mol.